The molecule has 3 aromatic heterocycles. The largest absolute Gasteiger partial charge is 0.459 e. The van der Waals surface area contributed by atoms with Crippen molar-refractivity contribution >= 4 is 29.4 Å². The van der Waals surface area contributed by atoms with E-state index in [1.54, 1.807) is 35.9 Å². The molecule has 19 heavy (non-hydrogen) atoms. The highest BCUT2D eigenvalue weighted by Gasteiger charge is 2.10. The Kier molecular flexibility index (Phi) is 3.16. The molecule has 0 N–H and O–H groups in total. The van der Waals surface area contributed by atoms with Gasteiger partial charge in [-0.2, -0.15) is 0 Å². The minimum atomic E-state index is -0.166. The molecule has 3 nitrogen and oxygen atoms in total. The molecule has 0 aromatic carbocycles. The fourth-order valence-corrected chi connectivity index (χ4v) is 2.35. The molecule has 0 unspecified atom stereocenters. The first-order valence-corrected chi connectivity index (χ1v) is 6.69. The summed E-state index contributed by atoms with van der Waals surface area (Å²) >= 11 is 1.68. The van der Waals surface area contributed by atoms with Gasteiger partial charge >= 0.3 is 0 Å². The second-order valence-corrected chi connectivity index (χ2v) is 4.96. The molecular formula is C15H11NO2S. The van der Waals surface area contributed by atoms with E-state index in [1.807, 2.05) is 35.7 Å². The number of rotatable bonds is 3. The quantitative estimate of drug-likeness (QED) is 0.720. The molecule has 94 valence electrons. The Bertz CT molecular complexity index is 690. The third-order valence-electron chi connectivity index (χ3n) is 2.67. The summed E-state index contributed by atoms with van der Waals surface area (Å²) in [7, 11) is 0. The third kappa shape index (κ3) is 2.58. The molecule has 0 atom stereocenters. The molecule has 0 bridgehead atoms. The standard InChI is InChI=1S/C15H11NO2S/c17-15(14-4-1-9-18-14)16-8-7-12(11-16)5-6-13-3-2-10-19-13/h1-11H. The summed E-state index contributed by atoms with van der Waals surface area (Å²) in [5, 5.41) is 2.03. The van der Waals surface area contributed by atoms with Crippen LogP contribution in [0.25, 0.3) is 12.2 Å². The number of carbonyl (C=O) groups is 1. The van der Waals surface area contributed by atoms with Crippen LogP contribution in [0.5, 0.6) is 0 Å². The van der Waals surface area contributed by atoms with Crippen molar-refractivity contribution in [2.75, 3.05) is 0 Å². The fraction of sp³-hybridized carbons (Fsp3) is 0. The lowest BCUT2D eigenvalue weighted by atomic mass is 10.3. The highest BCUT2D eigenvalue weighted by Crippen LogP contribution is 2.14. The summed E-state index contributed by atoms with van der Waals surface area (Å²) in [4.78, 5) is 13.2. The average Bonchev–Trinajstić information content (AvgIpc) is 3.16. The Morgan fingerprint density at radius 2 is 2.16 bits per heavy atom. The Morgan fingerprint density at radius 3 is 2.89 bits per heavy atom. The number of nitrogens with zero attached hydrogens (tertiary/aromatic N) is 1. The van der Waals surface area contributed by atoms with Crippen LogP contribution in [0.15, 0.2) is 58.8 Å². The maximum atomic E-state index is 12.0. The van der Waals surface area contributed by atoms with E-state index >= 15 is 0 Å². The van der Waals surface area contributed by atoms with E-state index in [4.69, 9.17) is 4.42 Å². The topological polar surface area (TPSA) is 35.1 Å². The monoisotopic (exact) mass is 269 g/mol. The van der Waals surface area contributed by atoms with E-state index in [1.165, 1.54) is 15.7 Å². The van der Waals surface area contributed by atoms with Gasteiger partial charge in [0.05, 0.1) is 6.26 Å². The van der Waals surface area contributed by atoms with Crippen molar-refractivity contribution in [1.82, 2.24) is 4.57 Å². The van der Waals surface area contributed by atoms with E-state index in [-0.39, 0.29) is 5.91 Å². The minimum Gasteiger partial charge on any atom is -0.459 e. The third-order valence-corrected chi connectivity index (χ3v) is 3.50. The zero-order chi connectivity index (χ0) is 13.1. The molecule has 0 aliphatic carbocycles. The summed E-state index contributed by atoms with van der Waals surface area (Å²) in [5.74, 6) is 0.171. The van der Waals surface area contributed by atoms with Gasteiger partial charge in [-0.25, -0.2) is 0 Å². The fourth-order valence-electron chi connectivity index (χ4n) is 1.73. The molecule has 0 fully saturated rings. The highest BCUT2D eigenvalue weighted by molar-refractivity contribution is 7.10. The van der Waals surface area contributed by atoms with Gasteiger partial charge in [-0.05, 0) is 41.3 Å². The van der Waals surface area contributed by atoms with E-state index in [0.29, 0.717) is 5.76 Å². The predicted octanol–water partition coefficient (Wildman–Crippen LogP) is 4.00. The summed E-state index contributed by atoms with van der Waals surface area (Å²) in [6.45, 7) is 0. The second-order valence-electron chi connectivity index (χ2n) is 3.98. The van der Waals surface area contributed by atoms with E-state index < -0.39 is 0 Å². The average molecular weight is 269 g/mol. The molecular weight excluding hydrogens is 258 g/mol. The van der Waals surface area contributed by atoms with Crippen LogP contribution in [0, 0.1) is 0 Å². The molecule has 3 rings (SSSR count). The van der Waals surface area contributed by atoms with Crippen molar-refractivity contribution in [2.45, 2.75) is 0 Å². The Balaban J connectivity index is 1.78. The molecule has 3 aromatic rings. The van der Waals surface area contributed by atoms with Crippen molar-refractivity contribution < 1.29 is 9.21 Å². The molecule has 0 aliphatic rings. The molecule has 0 spiro atoms. The summed E-state index contributed by atoms with van der Waals surface area (Å²) < 4.78 is 6.61. The van der Waals surface area contributed by atoms with Gasteiger partial charge in [0.2, 0.25) is 0 Å². The maximum Gasteiger partial charge on any atom is 0.297 e. The van der Waals surface area contributed by atoms with E-state index in [2.05, 4.69) is 0 Å². The van der Waals surface area contributed by atoms with Gasteiger partial charge in [0.15, 0.2) is 5.76 Å². The first-order chi connectivity index (χ1) is 9.33. The van der Waals surface area contributed by atoms with Crippen LogP contribution >= 0.6 is 11.3 Å². The lowest BCUT2D eigenvalue weighted by molar-refractivity contribution is 0.0933. The smallest absolute Gasteiger partial charge is 0.297 e. The number of hydrogen-bond donors (Lipinski definition) is 0. The van der Waals surface area contributed by atoms with Crippen LogP contribution in [0.3, 0.4) is 0 Å². The molecule has 0 saturated heterocycles. The van der Waals surface area contributed by atoms with Crippen molar-refractivity contribution in [3.8, 4) is 0 Å². The summed E-state index contributed by atoms with van der Waals surface area (Å²) in [6.07, 6.45) is 9.03. The van der Waals surface area contributed by atoms with Gasteiger partial charge in [-0.15, -0.1) is 11.3 Å². The lowest BCUT2D eigenvalue weighted by Gasteiger charge is -1.96. The molecule has 3 heterocycles. The van der Waals surface area contributed by atoms with Crippen LogP contribution in [0.1, 0.15) is 21.0 Å². The molecule has 0 amide bonds. The number of furan rings is 1. The SMILES string of the molecule is O=C(c1ccco1)n1ccc(C=Cc2cccs2)c1. The Labute approximate surface area is 114 Å². The maximum absolute atomic E-state index is 12.0. The predicted molar refractivity (Wildman–Crippen MR) is 76.1 cm³/mol. The van der Waals surface area contributed by atoms with Gasteiger partial charge in [0.25, 0.3) is 5.91 Å². The van der Waals surface area contributed by atoms with Crippen molar-refractivity contribution in [2.24, 2.45) is 0 Å². The van der Waals surface area contributed by atoms with Crippen LogP contribution in [-0.4, -0.2) is 10.5 Å². The minimum absolute atomic E-state index is 0.166. The molecule has 4 heteroatoms. The van der Waals surface area contributed by atoms with Gasteiger partial charge in [0.1, 0.15) is 0 Å². The molecule has 0 radical (unpaired) electrons. The normalized spacial score (nSPS) is 11.2. The van der Waals surface area contributed by atoms with Gasteiger partial charge in [0, 0.05) is 17.3 Å². The van der Waals surface area contributed by atoms with Gasteiger partial charge in [-0.3, -0.25) is 9.36 Å². The van der Waals surface area contributed by atoms with Crippen molar-refractivity contribution in [1.29, 1.82) is 0 Å². The van der Waals surface area contributed by atoms with Crippen LogP contribution < -0.4 is 0 Å². The van der Waals surface area contributed by atoms with Crippen LogP contribution in [-0.2, 0) is 0 Å². The second kappa shape index (κ2) is 5.12. The number of aromatic nitrogens is 1. The zero-order valence-corrected chi connectivity index (χ0v) is 10.8. The first kappa shape index (κ1) is 11.7. The summed E-state index contributed by atoms with van der Waals surface area (Å²) in [5.41, 5.74) is 0.980. The lowest BCUT2D eigenvalue weighted by Crippen LogP contribution is -2.07. The molecule has 0 saturated carbocycles. The Morgan fingerprint density at radius 1 is 1.21 bits per heavy atom. The van der Waals surface area contributed by atoms with Crippen molar-refractivity contribution in [3.05, 3.63) is 70.6 Å². The van der Waals surface area contributed by atoms with Crippen LogP contribution in [0.2, 0.25) is 0 Å². The van der Waals surface area contributed by atoms with E-state index in [0.717, 1.165) is 5.56 Å². The number of thiophene rings is 1. The van der Waals surface area contributed by atoms with Gasteiger partial charge < -0.3 is 4.42 Å². The summed E-state index contributed by atoms with van der Waals surface area (Å²) in [6, 6.07) is 9.31. The first-order valence-electron chi connectivity index (χ1n) is 5.81. The van der Waals surface area contributed by atoms with Gasteiger partial charge in [-0.1, -0.05) is 12.1 Å². The highest BCUT2D eigenvalue weighted by atomic mass is 32.1. The Hall–Kier alpha value is -2.33. The number of hydrogen-bond acceptors (Lipinski definition) is 3. The zero-order valence-electron chi connectivity index (χ0n) is 10.0. The number of carbonyl (C=O) groups excluding carboxylic acids is 1. The molecule has 0 aliphatic heterocycles. The van der Waals surface area contributed by atoms with Crippen LogP contribution in [0.4, 0.5) is 0 Å². The van der Waals surface area contributed by atoms with E-state index in [9.17, 15) is 4.79 Å². The van der Waals surface area contributed by atoms with Crippen molar-refractivity contribution in [3.63, 3.8) is 0 Å².